The minimum absolute atomic E-state index is 0.0237. The summed E-state index contributed by atoms with van der Waals surface area (Å²) in [5.74, 6) is 0.927. The molecule has 7 atom stereocenters. The first-order valence-corrected chi connectivity index (χ1v) is 26.3. The maximum absolute atomic E-state index is 12.9. The van der Waals surface area contributed by atoms with Gasteiger partial charge in [-0.15, -0.1) is 0 Å². The Bertz CT molecular complexity index is 1560. The van der Waals surface area contributed by atoms with Crippen LogP contribution in [0.1, 0.15) is 171 Å². The van der Waals surface area contributed by atoms with E-state index in [-0.39, 0.29) is 38.4 Å². The van der Waals surface area contributed by atoms with Gasteiger partial charge in [0.2, 0.25) is 0 Å². The Morgan fingerprint density at radius 3 is 2.06 bits per heavy atom. The number of aliphatic hydroxyl groups excluding tert-OH is 3. The van der Waals surface area contributed by atoms with Crippen LogP contribution in [0.2, 0.25) is 0 Å². The van der Waals surface area contributed by atoms with Crippen LogP contribution in [-0.4, -0.2) is 110 Å². The highest BCUT2D eigenvalue weighted by molar-refractivity contribution is 7.45. The number of quaternary nitrogens is 1. The number of allylic oxidation sites excluding steroid dienone is 2. The van der Waals surface area contributed by atoms with Crippen LogP contribution in [0.4, 0.5) is 0 Å². The van der Waals surface area contributed by atoms with Gasteiger partial charge in [0, 0.05) is 38.0 Å². The lowest BCUT2D eigenvalue weighted by molar-refractivity contribution is -0.870. The van der Waals surface area contributed by atoms with Crippen LogP contribution >= 0.6 is 7.82 Å². The van der Waals surface area contributed by atoms with E-state index in [0.29, 0.717) is 43.1 Å². The number of ether oxygens (including phenoxy) is 3. The summed E-state index contributed by atoms with van der Waals surface area (Å²) in [5.41, 5.74) is 2.62. The topological polar surface area (TPSA) is 194 Å². The summed E-state index contributed by atoms with van der Waals surface area (Å²) in [6.45, 7) is 8.09. The van der Waals surface area contributed by atoms with Crippen molar-refractivity contribution in [2.24, 2.45) is 5.92 Å². The smallest absolute Gasteiger partial charge is 0.306 e. The van der Waals surface area contributed by atoms with Crippen molar-refractivity contribution >= 4 is 19.8 Å². The fourth-order valence-corrected chi connectivity index (χ4v) is 8.42. The number of rotatable bonds is 37. The Morgan fingerprint density at radius 2 is 1.42 bits per heavy atom. The third-order valence-electron chi connectivity index (χ3n) is 12.0. The van der Waals surface area contributed by atoms with Gasteiger partial charge in [0.1, 0.15) is 31.3 Å². The summed E-state index contributed by atoms with van der Waals surface area (Å²) in [6.07, 6.45) is 22.2. The number of carbonyl (C=O) groups excluding carboxylic acids is 2. The Morgan fingerprint density at radius 1 is 0.815 bits per heavy atom. The molecule has 15 heteroatoms. The van der Waals surface area contributed by atoms with Crippen molar-refractivity contribution in [3.63, 3.8) is 0 Å². The van der Waals surface area contributed by atoms with Crippen LogP contribution in [0.3, 0.4) is 0 Å². The first kappa shape index (κ1) is 58.7. The second kappa shape index (κ2) is 33.2. The summed E-state index contributed by atoms with van der Waals surface area (Å²) in [4.78, 5) is 38.0. The quantitative estimate of drug-likeness (QED) is 0.0188. The number of carbonyl (C=O) groups is 2. The van der Waals surface area contributed by atoms with E-state index in [9.17, 15) is 34.4 Å². The largest absolute Gasteiger partial charge is 0.756 e. The van der Waals surface area contributed by atoms with Gasteiger partial charge in [0.25, 0.3) is 7.82 Å². The Kier molecular flexibility index (Phi) is 30.0. The number of nitrogens with zero attached hydrogens (tertiary/aromatic N) is 1. The van der Waals surface area contributed by atoms with Crippen LogP contribution in [0.15, 0.2) is 28.7 Å². The second-order valence-corrected chi connectivity index (χ2v) is 20.3. The average Bonchev–Trinajstić information content (AvgIpc) is 3.50. The zero-order chi connectivity index (χ0) is 48.1. The molecule has 0 aromatic carbocycles. The summed E-state index contributed by atoms with van der Waals surface area (Å²) in [7, 11) is 0.978. The lowest BCUT2D eigenvalue weighted by Crippen LogP contribution is -2.43. The molecule has 1 saturated heterocycles. The number of likely N-dealkylation sites (N-methyl/N-ethyl adjacent to an activating group) is 1. The molecular formula is C50H88NO13P. The van der Waals surface area contributed by atoms with Crippen LogP contribution in [0.25, 0.3) is 0 Å². The molecule has 14 nitrogen and oxygen atoms in total. The fraction of sp³-hybridized carbons (Fsp3) is 0.800. The standard InChI is InChI=1S/C50H88NO13P/c1-8-10-20-26-41(52)32-33-47-43(44(53)36-50(56)64-47)27-22-18-19-25-31-49(55)62-42(38-61-65(57,58)60-35-34-51(5,6)7)37-59-48(54)30-24-17-15-13-12-14-16-23-29-46-40(4)39(3)45(63-46)28-21-11-9-2/h18,22,32-33,41-44,47,50,52-53,56H,8-17,19-21,23-31,34-38H2,1-7H3/b22-18-,33-32+/t41-,42+,43-,44-,47+,50?/m0/s1. The number of furan rings is 1. The van der Waals surface area contributed by atoms with Crippen molar-refractivity contribution < 1.29 is 66.5 Å². The Labute approximate surface area is 391 Å². The Hall–Kier alpha value is -2.39. The second-order valence-electron chi connectivity index (χ2n) is 18.9. The molecule has 0 radical (unpaired) electrons. The number of aryl methyl sites for hydroxylation is 2. The molecule has 1 aromatic rings. The highest BCUT2D eigenvalue weighted by atomic mass is 31.2. The maximum Gasteiger partial charge on any atom is 0.306 e. The molecule has 2 unspecified atom stereocenters. The monoisotopic (exact) mass is 942 g/mol. The van der Waals surface area contributed by atoms with Crippen molar-refractivity contribution in [1.29, 1.82) is 0 Å². The first-order valence-electron chi connectivity index (χ1n) is 24.8. The van der Waals surface area contributed by atoms with Crippen LogP contribution in [0.5, 0.6) is 0 Å². The first-order chi connectivity index (χ1) is 30.9. The predicted molar refractivity (Wildman–Crippen MR) is 252 cm³/mol. The lowest BCUT2D eigenvalue weighted by Gasteiger charge is -2.36. The molecule has 1 aliphatic rings. The lowest BCUT2D eigenvalue weighted by atomic mass is 9.87. The third-order valence-corrected chi connectivity index (χ3v) is 12.9. The van der Waals surface area contributed by atoms with Gasteiger partial charge in [-0.2, -0.15) is 0 Å². The molecule has 1 aliphatic heterocycles. The number of aliphatic hydroxyl groups is 3. The zero-order valence-electron chi connectivity index (χ0n) is 41.2. The number of esters is 2. The van der Waals surface area contributed by atoms with Gasteiger partial charge in [-0.25, -0.2) is 0 Å². The van der Waals surface area contributed by atoms with Gasteiger partial charge in [-0.3, -0.25) is 14.2 Å². The molecule has 0 amide bonds. The summed E-state index contributed by atoms with van der Waals surface area (Å²) < 4.78 is 45.9. The highest BCUT2D eigenvalue weighted by Gasteiger charge is 2.35. The summed E-state index contributed by atoms with van der Waals surface area (Å²) in [6, 6.07) is 0. The van der Waals surface area contributed by atoms with E-state index in [1.54, 1.807) is 12.2 Å². The van der Waals surface area contributed by atoms with Gasteiger partial charge in [-0.05, 0) is 69.9 Å². The predicted octanol–water partition coefficient (Wildman–Crippen LogP) is 9.04. The molecule has 3 N–H and O–H groups in total. The molecular weight excluding hydrogens is 854 g/mol. The fourth-order valence-electron chi connectivity index (χ4n) is 7.70. The van der Waals surface area contributed by atoms with E-state index in [1.807, 2.05) is 33.3 Å². The van der Waals surface area contributed by atoms with E-state index < -0.39 is 57.1 Å². The minimum Gasteiger partial charge on any atom is -0.756 e. The van der Waals surface area contributed by atoms with E-state index >= 15 is 0 Å². The zero-order valence-corrected chi connectivity index (χ0v) is 42.1. The van der Waals surface area contributed by atoms with Crippen molar-refractivity contribution in [2.45, 2.75) is 206 Å². The molecule has 2 rings (SSSR count). The number of unbranched alkanes of at least 4 members (excludes halogenated alkanes) is 12. The summed E-state index contributed by atoms with van der Waals surface area (Å²) >= 11 is 0. The van der Waals surface area contributed by atoms with E-state index in [0.717, 1.165) is 82.1 Å². The maximum atomic E-state index is 12.9. The summed E-state index contributed by atoms with van der Waals surface area (Å²) in [5, 5.41) is 31.1. The minimum atomic E-state index is -4.72. The van der Waals surface area contributed by atoms with E-state index in [1.165, 1.54) is 36.8 Å². The van der Waals surface area contributed by atoms with Crippen molar-refractivity contribution in [3.05, 3.63) is 47.0 Å². The molecule has 2 heterocycles. The van der Waals surface area contributed by atoms with Crippen LogP contribution < -0.4 is 4.89 Å². The number of hydrogen-bond acceptors (Lipinski definition) is 13. The van der Waals surface area contributed by atoms with Gasteiger partial charge in [-0.1, -0.05) is 109 Å². The van der Waals surface area contributed by atoms with Crippen LogP contribution in [0, 0.1) is 19.8 Å². The van der Waals surface area contributed by atoms with Crippen LogP contribution in [-0.2, 0) is 50.3 Å². The number of phosphoric acid groups is 1. The molecule has 0 bridgehead atoms. The van der Waals surface area contributed by atoms with E-state index in [2.05, 4.69) is 27.7 Å². The van der Waals surface area contributed by atoms with Crippen molar-refractivity contribution in [2.75, 3.05) is 47.5 Å². The molecule has 0 saturated carbocycles. The number of hydrogen-bond donors (Lipinski definition) is 3. The molecule has 376 valence electrons. The van der Waals surface area contributed by atoms with Crippen molar-refractivity contribution in [3.8, 4) is 0 Å². The highest BCUT2D eigenvalue weighted by Crippen LogP contribution is 2.38. The van der Waals surface area contributed by atoms with Gasteiger partial charge < -0.3 is 52.4 Å². The van der Waals surface area contributed by atoms with Gasteiger partial charge >= 0.3 is 11.9 Å². The SMILES string of the molecule is CCCCCc1oc(CCCCCCCCCCC(=O)OC[C@H](COP(=O)([O-])OCC[N+](C)(C)C)OC(=O)CCC/C=C\C[C@H]2[C@@H](O)CC(O)O[C@@H]2/C=C/[C@@H](O)CCCCC)c(C)c1C. The molecule has 0 aliphatic carbocycles. The van der Waals surface area contributed by atoms with Gasteiger partial charge in [0.15, 0.2) is 12.4 Å². The molecule has 0 spiro atoms. The normalized spacial score (nSPS) is 20.0. The van der Waals surface area contributed by atoms with Crippen molar-refractivity contribution in [1.82, 2.24) is 0 Å². The number of phosphoric ester groups is 1. The molecule has 1 aromatic heterocycles. The molecule has 65 heavy (non-hydrogen) atoms. The van der Waals surface area contributed by atoms with Gasteiger partial charge in [0.05, 0.1) is 46.1 Å². The molecule has 1 fully saturated rings. The third kappa shape index (κ3) is 27.3. The van der Waals surface area contributed by atoms with E-state index in [4.69, 9.17) is 27.7 Å². The Balaban J connectivity index is 1.76. The average molecular weight is 942 g/mol.